The van der Waals surface area contributed by atoms with Crippen molar-refractivity contribution in [2.24, 2.45) is 11.1 Å². The Labute approximate surface area is 144 Å². The summed E-state index contributed by atoms with van der Waals surface area (Å²) in [6, 6.07) is 5.61. The fourth-order valence-corrected chi connectivity index (χ4v) is 2.56. The zero-order valence-electron chi connectivity index (χ0n) is 13.5. The van der Waals surface area contributed by atoms with Gasteiger partial charge in [0, 0.05) is 22.9 Å². The Balaban J connectivity index is 2.16. The van der Waals surface area contributed by atoms with Gasteiger partial charge in [0.15, 0.2) is 0 Å². The van der Waals surface area contributed by atoms with Crippen LogP contribution in [0.5, 0.6) is 0 Å². The van der Waals surface area contributed by atoms with Crippen molar-refractivity contribution in [1.82, 2.24) is 16.5 Å². The molecule has 1 aromatic rings. The molecular formula is C15H22BrN5O2. The first-order chi connectivity index (χ1) is 11.0. The van der Waals surface area contributed by atoms with Crippen LogP contribution in [0.3, 0.4) is 0 Å². The van der Waals surface area contributed by atoms with E-state index < -0.39 is 0 Å². The van der Waals surface area contributed by atoms with Gasteiger partial charge in [0.1, 0.15) is 6.61 Å². The van der Waals surface area contributed by atoms with Crippen LogP contribution in [-0.2, 0) is 16.2 Å². The van der Waals surface area contributed by atoms with Crippen LogP contribution < -0.4 is 21.5 Å². The first-order valence-corrected chi connectivity index (χ1v) is 8.25. The summed E-state index contributed by atoms with van der Waals surface area (Å²) in [6.45, 7) is 3.73. The molecule has 1 amide bonds. The lowest BCUT2D eigenvalue weighted by Crippen LogP contribution is -2.54. The molecule has 2 rings (SSSR count). The molecule has 3 N–H and O–H groups in total. The van der Waals surface area contributed by atoms with Gasteiger partial charge in [-0.2, -0.15) is 5.53 Å². The maximum absolute atomic E-state index is 11.9. The highest BCUT2D eigenvalue weighted by molar-refractivity contribution is 9.10. The van der Waals surface area contributed by atoms with Gasteiger partial charge in [-0.25, -0.2) is 10.4 Å². The molecule has 1 fully saturated rings. The number of amides is 1. The summed E-state index contributed by atoms with van der Waals surface area (Å²) in [4.78, 5) is 17.4. The van der Waals surface area contributed by atoms with E-state index in [9.17, 15) is 4.79 Å². The van der Waals surface area contributed by atoms with E-state index in [1.54, 1.807) is 7.05 Å². The number of carbonyl (C=O) groups excluding carboxylic acids is 1. The van der Waals surface area contributed by atoms with Gasteiger partial charge >= 0.3 is 0 Å². The molecule has 0 saturated heterocycles. The van der Waals surface area contributed by atoms with Crippen LogP contribution in [0.15, 0.2) is 27.8 Å². The highest BCUT2D eigenvalue weighted by atomic mass is 79.9. The number of hydrogen-bond donors (Lipinski definition) is 3. The van der Waals surface area contributed by atoms with Gasteiger partial charge in [0.05, 0.1) is 11.4 Å². The standard InChI is InChI=1S/C15H22BrN5O2/c1-10(12-7-8-12)18-23-9-13-14(16)5-4-6-15(13)21(11(2)22)20-19-17-3/h4-6,12,17,19-20H,7-9H2,1-3H3/b18-10+. The molecule has 0 aromatic heterocycles. The third kappa shape index (κ3) is 5.00. The van der Waals surface area contributed by atoms with Gasteiger partial charge < -0.3 is 4.84 Å². The average molecular weight is 384 g/mol. The average Bonchev–Trinajstić information content (AvgIpc) is 3.34. The molecule has 0 aliphatic heterocycles. The molecule has 1 saturated carbocycles. The number of anilines is 1. The summed E-state index contributed by atoms with van der Waals surface area (Å²) in [5, 5.41) is 5.57. The van der Waals surface area contributed by atoms with E-state index in [1.165, 1.54) is 24.8 Å². The molecule has 0 bridgehead atoms. The topological polar surface area (TPSA) is 78.0 Å². The van der Waals surface area contributed by atoms with E-state index in [0.29, 0.717) is 11.6 Å². The first-order valence-electron chi connectivity index (χ1n) is 7.46. The zero-order valence-corrected chi connectivity index (χ0v) is 15.1. The monoisotopic (exact) mass is 383 g/mol. The second-order valence-corrected chi connectivity index (χ2v) is 6.21. The highest BCUT2D eigenvalue weighted by Crippen LogP contribution is 2.31. The van der Waals surface area contributed by atoms with Crippen molar-refractivity contribution in [3.8, 4) is 0 Å². The molecule has 0 unspecified atom stereocenters. The van der Waals surface area contributed by atoms with Gasteiger partial charge in [-0.1, -0.05) is 27.2 Å². The summed E-state index contributed by atoms with van der Waals surface area (Å²) < 4.78 is 0.854. The van der Waals surface area contributed by atoms with Crippen molar-refractivity contribution >= 4 is 33.2 Å². The second kappa shape index (κ2) is 8.39. The molecule has 0 heterocycles. The summed E-state index contributed by atoms with van der Waals surface area (Å²) >= 11 is 3.51. The Morgan fingerprint density at radius 1 is 1.43 bits per heavy atom. The van der Waals surface area contributed by atoms with E-state index in [-0.39, 0.29) is 12.5 Å². The minimum absolute atomic E-state index is 0.162. The highest BCUT2D eigenvalue weighted by Gasteiger charge is 2.25. The molecule has 1 aliphatic carbocycles. The van der Waals surface area contributed by atoms with Crippen LogP contribution in [-0.4, -0.2) is 18.7 Å². The number of carbonyl (C=O) groups is 1. The van der Waals surface area contributed by atoms with Crippen LogP contribution in [0.4, 0.5) is 5.69 Å². The van der Waals surface area contributed by atoms with Gasteiger partial charge in [-0.3, -0.25) is 4.79 Å². The van der Waals surface area contributed by atoms with Gasteiger partial charge in [-0.05, 0) is 38.9 Å². The SMILES string of the molecule is CNNNN(C(C)=O)c1cccc(Br)c1CO/N=C(\C)C1CC1. The van der Waals surface area contributed by atoms with Crippen LogP contribution in [0.2, 0.25) is 0 Å². The minimum Gasteiger partial charge on any atom is -0.391 e. The van der Waals surface area contributed by atoms with Gasteiger partial charge in [0.25, 0.3) is 0 Å². The summed E-state index contributed by atoms with van der Waals surface area (Å²) in [5.41, 5.74) is 10.7. The van der Waals surface area contributed by atoms with Crippen molar-refractivity contribution in [2.45, 2.75) is 33.3 Å². The number of nitrogens with one attached hydrogen (secondary N) is 3. The molecule has 0 spiro atoms. The number of hydrazine groups is 3. The summed E-state index contributed by atoms with van der Waals surface area (Å²) in [7, 11) is 1.70. The fourth-order valence-electron chi connectivity index (χ4n) is 2.09. The number of oxime groups is 1. The zero-order chi connectivity index (χ0) is 16.8. The van der Waals surface area contributed by atoms with Crippen molar-refractivity contribution in [2.75, 3.05) is 12.1 Å². The van der Waals surface area contributed by atoms with E-state index in [1.807, 2.05) is 25.1 Å². The minimum atomic E-state index is -0.162. The third-order valence-corrected chi connectivity index (χ3v) is 4.27. The fraction of sp³-hybridized carbons (Fsp3) is 0.467. The molecule has 7 nitrogen and oxygen atoms in total. The molecule has 23 heavy (non-hydrogen) atoms. The van der Waals surface area contributed by atoms with Crippen LogP contribution in [0.25, 0.3) is 0 Å². The van der Waals surface area contributed by atoms with E-state index in [4.69, 9.17) is 4.84 Å². The Kier molecular flexibility index (Phi) is 6.52. The maximum atomic E-state index is 11.9. The Morgan fingerprint density at radius 2 is 2.17 bits per heavy atom. The second-order valence-electron chi connectivity index (χ2n) is 5.36. The Morgan fingerprint density at radius 3 is 2.78 bits per heavy atom. The number of hydrogen-bond acceptors (Lipinski definition) is 6. The summed E-state index contributed by atoms with van der Waals surface area (Å²) in [6.07, 6.45) is 2.38. The van der Waals surface area contributed by atoms with Crippen LogP contribution in [0.1, 0.15) is 32.3 Å². The number of halogens is 1. The molecule has 0 radical (unpaired) electrons. The predicted molar refractivity (Wildman–Crippen MR) is 93.3 cm³/mol. The molecule has 1 aliphatic rings. The maximum Gasteiger partial charge on any atom is 0.239 e. The molecular weight excluding hydrogens is 362 g/mol. The Hall–Kier alpha value is -1.48. The first kappa shape index (κ1) is 17.9. The normalized spacial score (nSPS) is 14.7. The van der Waals surface area contributed by atoms with Crippen LogP contribution >= 0.6 is 15.9 Å². The van der Waals surface area contributed by atoms with E-state index in [2.05, 4.69) is 37.6 Å². The lowest BCUT2D eigenvalue weighted by atomic mass is 10.2. The number of rotatable bonds is 8. The van der Waals surface area contributed by atoms with Crippen LogP contribution in [0, 0.1) is 5.92 Å². The van der Waals surface area contributed by atoms with E-state index in [0.717, 1.165) is 15.7 Å². The molecule has 8 heteroatoms. The lowest BCUT2D eigenvalue weighted by molar-refractivity contribution is -0.117. The van der Waals surface area contributed by atoms with Crippen molar-refractivity contribution < 1.29 is 9.63 Å². The quantitative estimate of drug-likeness (QED) is 0.473. The van der Waals surface area contributed by atoms with Crippen molar-refractivity contribution in [3.63, 3.8) is 0 Å². The predicted octanol–water partition coefficient (Wildman–Crippen LogP) is 2.25. The smallest absolute Gasteiger partial charge is 0.239 e. The van der Waals surface area contributed by atoms with E-state index >= 15 is 0 Å². The molecule has 126 valence electrons. The lowest BCUT2D eigenvalue weighted by Gasteiger charge is -2.24. The largest absolute Gasteiger partial charge is 0.391 e. The Bertz CT molecular complexity index is 589. The van der Waals surface area contributed by atoms with Gasteiger partial charge in [0.2, 0.25) is 5.91 Å². The van der Waals surface area contributed by atoms with Gasteiger partial charge in [-0.15, -0.1) is 5.53 Å². The number of benzene rings is 1. The van der Waals surface area contributed by atoms with Crippen molar-refractivity contribution in [1.29, 1.82) is 0 Å². The number of nitrogens with zero attached hydrogens (tertiary/aromatic N) is 2. The molecule has 1 aromatic carbocycles. The summed E-state index contributed by atoms with van der Waals surface area (Å²) in [5.74, 6) is 0.411. The molecule has 0 atom stereocenters. The third-order valence-electron chi connectivity index (χ3n) is 3.53. The van der Waals surface area contributed by atoms with Crippen molar-refractivity contribution in [3.05, 3.63) is 28.2 Å².